The second-order valence-electron chi connectivity index (χ2n) is 5.11. The molecule has 126 valence electrons. The van der Waals surface area contributed by atoms with Crippen LogP contribution in [0.25, 0.3) is 0 Å². The van der Waals surface area contributed by atoms with Gasteiger partial charge in [0.25, 0.3) is 0 Å². The van der Waals surface area contributed by atoms with E-state index in [1.807, 2.05) is 0 Å². The summed E-state index contributed by atoms with van der Waals surface area (Å²) >= 11 is 0. The number of hydrogen-bond donors (Lipinski definition) is 1. The smallest absolute Gasteiger partial charge is 0.251 e. The zero-order chi connectivity index (χ0) is 17.3. The first-order valence-corrected chi connectivity index (χ1v) is 8.10. The van der Waals surface area contributed by atoms with Crippen molar-refractivity contribution in [2.45, 2.75) is 37.5 Å². The Morgan fingerprint density at radius 3 is 2.61 bits per heavy atom. The Balaban J connectivity index is 2.22. The van der Waals surface area contributed by atoms with E-state index in [1.165, 1.54) is 24.3 Å². The molecule has 1 heterocycles. The highest BCUT2D eigenvalue weighted by molar-refractivity contribution is 7.89. The third-order valence-electron chi connectivity index (χ3n) is 3.11. The Morgan fingerprint density at radius 2 is 2.04 bits per heavy atom. The van der Waals surface area contributed by atoms with Crippen molar-refractivity contribution in [2.75, 3.05) is 0 Å². The van der Waals surface area contributed by atoms with Crippen molar-refractivity contribution in [3.63, 3.8) is 0 Å². The zero-order valence-electron chi connectivity index (χ0n) is 12.4. The van der Waals surface area contributed by atoms with Gasteiger partial charge in [-0.3, -0.25) is 4.68 Å². The molecule has 10 heteroatoms. The molecule has 1 N–H and O–H groups in total. The highest BCUT2D eigenvalue weighted by Gasteiger charge is 2.33. The summed E-state index contributed by atoms with van der Waals surface area (Å²) in [7, 11) is -4.07. The zero-order valence-corrected chi connectivity index (χ0v) is 13.2. The number of benzene rings is 1. The van der Waals surface area contributed by atoms with E-state index in [9.17, 15) is 21.6 Å². The lowest BCUT2D eigenvalue weighted by Crippen LogP contribution is -2.36. The molecule has 6 nitrogen and oxygen atoms in total. The Morgan fingerprint density at radius 1 is 1.35 bits per heavy atom. The number of sulfonamides is 1. The van der Waals surface area contributed by atoms with Gasteiger partial charge in [0.2, 0.25) is 10.0 Å². The molecule has 0 fully saturated rings. The highest BCUT2D eigenvalue weighted by Crippen LogP contribution is 2.33. The number of aryl methyl sites for hydroxylation is 1. The summed E-state index contributed by atoms with van der Waals surface area (Å²) in [6.07, 6.45) is -1.89. The number of halogens is 3. The molecule has 1 unspecified atom stereocenters. The van der Waals surface area contributed by atoms with E-state index in [0.717, 1.165) is 12.1 Å². The minimum absolute atomic E-state index is 0.0351. The summed E-state index contributed by atoms with van der Waals surface area (Å²) < 4.78 is 66.9. The summed E-state index contributed by atoms with van der Waals surface area (Å²) in [5.41, 5.74) is -1.00. The summed E-state index contributed by atoms with van der Waals surface area (Å²) in [5.74, 6) is 0. The lowest BCUT2D eigenvalue weighted by Gasteiger charge is -2.16. The monoisotopic (exact) mass is 348 g/mol. The fourth-order valence-corrected chi connectivity index (χ4v) is 3.31. The van der Waals surface area contributed by atoms with E-state index < -0.39 is 32.7 Å². The van der Waals surface area contributed by atoms with E-state index in [-0.39, 0.29) is 12.1 Å². The van der Waals surface area contributed by atoms with Crippen molar-refractivity contribution in [1.29, 1.82) is 0 Å². The number of rotatable bonds is 5. The first kappa shape index (κ1) is 17.4. The van der Waals surface area contributed by atoms with E-state index in [0.29, 0.717) is 6.07 Å². The quantitative estimate of drug-likeness (QED) is 0.896. The van der Waals surface area contributed by atoms with Gasteiger partial charge >= 0.3 is 6.18 Å². The van der Waals surface area contributed by atoms with Crippen LogP contribution in [0.3, 0.4) is 0 Å². The summed E-state index contributed by atoms with van der Waals surface area (Å²) in [6.45, 7) is 3.06. The Labute approximate surface area is 131 Å². The molecule has 0 radical (unpaired) electrons. The van der Waals surface area contributed by atoms with Gasteiger partial charge in [0.15, 0.2) is 0 Å². The van der Waals surface area contributed by atoms with E-state index in [2.05, 4.69) is 14.8 Å². The maximum Gasteiger partial charge on any atom is 0.416 e. The molecule has 0 bridgehead atoms. The van der Waals surface area contributed by atoms with Crippen molar-refractivity contribution in [1.82, 2.24) is 19.5 Å². The summed E-state index contributed by atoms with van der Waals surface area (Å²) in [4.78, 5) is 3.30. The molecule has 2 aromatic rings. The Kier molecular flexibility index (Phi) is 4.76. The van der Waals surface area contributed by atoms with Crippen LogP contribution in [0.5, 0.6) is 0 Å². The number of hydrogen-bond acceptors (Lipinski definition) is 4. The standard InChI is InChI=1S/C13H15F3N4O2S/c1-9-3-4-11(5-12(9)13(14,15)16)23(21,22)19-10(2)6-20-8-17-7-18-20/h3-5,7-8,10,19H,6H2,1-2H3. The van der Waals surface area contributed by atoms with E-state index in [1.54, 1.807) is 6.92 Å². The van der Waals surface area contributed by atoms with Crippen LogP contribution in [0.15, 0.2) is 35.7 Å². The Hall–Kier alpha value is -1.94. The topological polar surface area (TPSA) is 76.9 Å². The SMILES string of the molecule is Cc1ccc(S(=O)(=O)NC(C)Cn2cncn2)cc1C(F)(F)F. The van der Waals surface area contributed by atoms with Gasteiger partial charge in [0, 0.05) is 6.04 Å². The lowest BCUT2D eigenvalue weighted by molar-refractivity contribution is -0.138. The number of nitrogens with zero attached hydrogens (tertiary/aromatic N) is 3. The molecule has 2 rings (SSSR count). The van der Waals surface area contributed by atoms with Gasteiger partial charge in [-0.15, -0.1) is 0 Å². The minimum atomic E-state index is -4.61. The lowest BCUT2D eigenvalue weighted by atomic mass is 10.1. The van der Waals surface area contributed by atoms with E-state index >= 15 is 0 Å². The molecular formula is C13H15F3N4O2S. The van der Waals surface area contributed by atoms with Crippen LogP contribution in [-0.2, 0) is 22.7 Å². The van der Waals surface area contributed by atoms with Gasteiger partial charge in [-0.05, 0) is 31.5 Å². The van der Waals surface area contributed by atoms with Crippen LogP contribution in [0.1, 0.15) is 18.1 Å². The summed E-state index contributed by atoms with van der Waals surface area (Å²) in [6, 6.07) is 2.35. The molecule has 0 aliphatic heterocycles. The van der Waals surface area contributed by atoms with Crippen LogP contribution >= 0.6 is 0 Å². The second kappa shape index (κ2) is 6.28. The molecule has 0 saturated carbocycles. The molecule has 23 heavy (non-hydrogen) atoms. The molecule has 0 spiro atoms. The van der Waals surface area contributed by atoms with Crippen molar-refractivity contribution in [2.24, 2.45) is 0 Å². The molecule has 0 aliphatic rings. The van der Waals surface area contributed by atoms with Crippen LogP contribution in [0.2, 0.25) is 0 Å². The van der Waals surface area contributed by atoms with Gasteiger partial charge < -0.3 is 0 Å². The van der Waals surface area contributed by atoms with Crippen LogP contribution < -0.4 is 4.72 Å². The highest BCUT2D eigenvalue weighted by atomic mass is 32.2. The van der Waals surface area contributed by atoms with Gasteiger partial charge in [-0.2, -0.15) is 18.3 Å². The van der Waals surface area contributed by atoms with E-state index in [4.69, 9.17) is 0 Å². The van der Waals surface area contributed by atoms with Gasteiger partial charge in [0.05, 0.1) is 17.0 Å². The number of aromatic nitrogens is 3. The van der Waals surface area contributed by atoms with Gasteiger partial charge in [-0.25, -0.2) is 18.1 Å². The fourth-order valence-electron chi connectivity index (χ4n) is 2.05. The van der Waals surface area contributed by atoms with Crippen LogP contribution in [0, 0.1) is 6.92 Å². The molecule has 1 aromatic carbocycles. The second-order valence-corrected chi connectivity index (χ2v) is 6.83. The van der Waals surface area contributed by atoms with Gasteiger partial charge in [-0.1, -0.05) is 6.07 Å². The first-order valence-electron chi connectivity index (χ1n) is 6.62. The third-order valence-corrected chi connectivity index (χ3v) is 4.70. The van der Waals surface area contributed by atoms with Crippen LogP contribution in [0.4, 0.5) is 13.2 Å². The minimum Gasteiger partial charge on any atom is -0.251 e. The number of nitrogens with one attached hydrogen (secondary N) is 1. The van der Waals surface area contributed by atoms with Crippen LogP contribution in [-0.4, -0.2) is 29.2 Å². The average molecular weight is 348 g/mol. The van der Waals surface area contributed by atoms with Crippen molar-refractivity contribution in [3.05, 3.63) is 42.0 Å². The molecular weight excluding hydrogens is 333 g/mol. The predicted octanol–water partition coefficient (Wildman–Crippen LogP) is 1.97. The van der Waals surface area contributed by atoms with Gasteiger partial charge in [0.1, 0.15) is 12.7 Å². The maximum absolute atomic E-state index is 12.9. The molecule has 0 aliphatic carbocycles. The predicted molar refractivity (Wildman–Crippen MR) is 76.0 cm³/mol. The fraction of sp³-hybridized carbons (Fsp3) is 0.385. The van der Waals surface area contributed by atoms with Crippen molar-refractivity contribution in [3.8, 4) is 0 Å². The van der Waals surface area contributed by atoms with Crippen molar-refractivity contribution >= 4 is 10.0 Å². The largest absolute Gasteiger partial charge is 0.416 e. The maximum atomic E-state index is 12.9. The molecule has 1 atom stereocenters. The molecule has 0 saturated heterocycles. The Bertz CT molecular complexity index is 773. The first-order chi connectivity index (χ1) is 10.6. The normalized spacial score (nSPS) is 14.0. The molecule has 1 aromatic heterocycles. The number of alkyl halides is 3. The summed E-state index contributed by atoms with van der Waals surface area (Å²) in [5, 5.41) is 3.84. The average Bonchev–Trinajstić information content (AvgIpc) is 2.89. The third kappa shape index (κ3) is 4.29. The van der Waals surface area contributed by atoms with Crippen molar-refractivity contribution < 1.29 is 21.6 Å². The molecule has 0 amide bonds.